The van der Waals surface area contributed by atoms with Crippen molar-refractivity contribution in [2.75, 3.05) is 71.5 Å². The normalized spacial score (nSPS) is 14.4. The third-order valence-corrected chi connectivity index (χ3v) is 6.85. The molecule has 1 N–H and O–H groups in total. The van der Waals surface area contributed by atoms with Crippen LogP contribution in [0.15, 0.2) is 59.4 Å². The SMILES string of the molecule is CN(C)CCOc1ccc2cccc(N3CCN(CCCCOc4ccc5ccc(=O)[nH]c5n4)CC3)c2n1. The summed E-state index contributed by atoms with van der Waals surface area (Å²) < 4.78 is 11.7. The van der Waals surface area contributed by atoms with Gasteiger partial charge in [-0.2, -0.15) is 4.98 Å². The van der Waals surface area contributed by atoms with Gasteiger partial charge in [0, 0.05) is 61.7 Å². The quantitative estimate of drug-likeness (QED) is 0.304. The molecule has 0 spiro atoms. The smallest absolute Gasteiger partial charge is 0.249 e. The van der Waals surface area contributed by atoms with Crippen molar-refractivity contribution in [3.05, 3.63) is 65.0 Å². The highest BCUT2D eigenvalue weighted by Gasteiger charge is 2.19. The Hall–Kier alpha value is -3.69. The fourth-order valence-electron chi connectivity index (χ4n) is 4.70. The Morgan fingerprint density at radius 1 is 0.842 bits per heavy atom. The summed E-state index contributed by atoms with van der Waals surface area (Å²) in [6.07, 6.45) is 2.02. The fraction of sp³-hybridized carbons (Fsp3) is 0.414. The van der Waals surface area contributed by atoms with Crippen molar-refractivity contribution in [1.82, 2.24) is 24.8 Å². The molecule has 0 unspecified atom stereocenters. The summed E-state index contributed by atoms with van der Waals surface area (Å²) in [6.45, 7) is 7.13. The minimum Gasteiger partial charge on any atom is -0.478 e. The lowest BCUT2D eigenvalue weighted by Gasteiger charge is -2.36. The Balaban J connectivity index is 1.08. The zero-order chi connectivity index (χ0) is 26.3. The van der Waals surface area contributed by atoms with Gasteiger partial charge >= 0.3 is 0 Å². The van der Waals surface area contributed by atoms with Crippen LogP contribution in [-0.2, 0) is 0 Å². The Morgan fingerprint density at radius 3 is 2.39 bits per heavy atom. The van der Waals surface area contributed by atoms with Gasteiger partial charge < -0.3 is 24.3 Å². The van der Waals surface area contributed by atoms with Gasteiger partial charge in [0.25, 0.3) is 0 Å². The van der Waals surface area contributed by atoms with E-state index in [2.05, 4.69) is 48.9 Å². The average molecular weight is 517 g/mol. The maximum Gasteiger partial charge on any atom is 0.249 e. The molecule has 0 atom stereocenters. The topological polar surface area (TPSA) is 86.8 Å². The molecule has 9 nitrogen and oxygen atoms in total. The summed E-state index contributed by atoms with van der Waals surface area (Å²) in [4.78, 5) is 30.6. The van der Waals surface area contributed by atoms with Gasteiger partial charge in [-0.3, -0.25) is 9.69 Å². The van der Waals surface area contributed by atoms with Crippen molar-refractivity contribution < 1.29 is 9.47 Å². The van der Waals surface area contributed by atoms with Gasteiger partial charge in [-0.15, -0.1) is 0 Å². The Bertz CT molecular complexity index is 1410. The van der Waals surface area contributed by atoms with E-state index in [4.69, 9.17) is 14.5 Å². The average Bonchev–Trinajstić information content (AvgIpc) is 2.92. The molecule has 1 aliphatic heterocycles. The lowest BCUT2D eigenvalue weighted by Crippen LogP contribution is -2.46. The maximum atomic E-state index is 11.5. The predicted molar refractivity (Wildman–Crippen MR) is 152 cm³/mol. The Kier molecular flexibility index (Phi) is 8.35. The largest absolute Gasteiger partial charge is 0.478 e. The number of benzene rings is 1. The second kappa shape index (κ2) is 12.2. The number of aromatic amines is 1. The molecular formula is C29H36N6O3. The Labute approximate surface area is 223 Å². The highest BCUT2D eigenvalue weighted by atomic mass is 16.5. The number of piperazine rings is 1. The maximum absolute atomic E-state index is 11.5. The zero-order valence-corrected chi connectivity index (χ0v) is 22.2. The van der Waals surface area contributed by atoms with Crippen molar-refractivity contribution in [2.45, 2.75) is 12.8 Å². The first-order valence-corrected chi connectivity index (χ1v) is 13.3. The lowest BCUT2D eigenvalue weighted by molar-refractivity contribution is 0.237. The monoisotopic (exact) mass is 516 g/mol. The van der Waals surface area contributed by atoms with Crippen LogP contribution in [0.3, 0.4) is 0 Å². The third-order valence-electron chi connectivity index (χ3n) is 6.85. The first-order valence-electron chi connectivity index (χ1n) is 13.3. The van der Waals surface area contributed by atoms with Crippen molar-refractivity contribution in [1.29, 1.82) is 0 Å². The number of ether oxygens (including phenoxy) is 2. The second-order valence-corrected chi connectivity index (χ2v) is 9.94. The van der Waals surface area contributed by atoms with Crippen LogP contribution in [0.2, 0.25) is 0 Å². The van der Waals surface area contributed by atoms with Gasteiger partial charge in [0.2, 0.25) is 17.3 Å². The summed E-state index contributed by atoms with van der Waals surface area (Å²) in [5, 5.41) is 2.03. The summed E-state index contributed by atoms with van der Waals surface area (Å²) in [5.41, 5.74) is 2.58. The van der Waals surface area contributed by atoms with Crippen LogP contribution in [-0.4, -0.2) is 91.3 Å². The number of unbranched alkanes of at least 4 members (excludes halogenated alkanes) is 1. The minimum atomic E-state index is -0.159. The molecule has 0 aliphatic carbocycles. The van der Waals surface area contributed by atoms with Crippen LogP contribution in [0.4, 0.5) is 5.69 Å². The van der Waals surface area contributed by atoms with Crippen molar-refractivity contribution in [3.63, 3.8) is 0 Å². The lowest BCUT2D eigenvalue weighted by atomic mass is 10.1. The van der Waals surface area contributed by atoms with Gasteiger partial charge in [-0.1, -0.05) is 12.1 Å². The number of hydrogen-bond donors (Lipinski definition) is 1. The van der Waals surface area contributed by atoms with Crippen molar-refractivity contribution >= 4 is 27.6 Å². The van der Waals surface area contributed by atoms with Crippen LogP contribution in [0.1, 0.15) is 12.8 Å². The number of fused-ring (bicyclic) bond motifs is 2. The summed E-state index contributed by atoms with van der Waals surface area (Å²) in [5.74, 6) is 1.22. The number of anilines is 1. The summed E-state index contributed by atoms with van der Waals surface area (Å²) in [6, 6.07) is 17.5. The van der Waals surface area contributed by atoms with Gasteiger partial charge in [-0.25, -0.2) is 4.98 Å². The van der Waals surface area contributed by atoms with Gasteiger partial charge in [-0.05, 0) is 57.7 Å². The number of H-pyrrole nitrogens is 1. The van der Waals surface area contributed by atoms with E-state index < -0.39 is 0 Å². The number of para-hydroxylation sites is 1. The van der Waals surface area contributed by atoms with E-state index in [1.807, 2.05) is 32.3 Å². The van der Waals surface area contributed by atoms with Crippen LogP contribution in [0.5, 0.6) is 11.8 Å². The summed E-state index contributed by atoms with van der Waals surface area (Å²) >= 11 is 0. The number of rotatable bonds is 11. The van der Waals surface area contributed by atoms with E-state index >= 15 is 0 Å². The number of aromatic nitrogens is 3. The molecule has 200 valence electrons. The summed E-state index contributed by atoms with van der Waals surface area (Å²) in [7, 11) is 4.08. The second-order valence-electron chi connectivity index (χ2n) is 9.94. The first kappa shape index (κ1) is 25.9. The molecule has 5 rings (SSSR count). The van der Waals surface area contributed by atoms with E-state index in [0.717, 1.165) is 68.4 Å². The molecule has 4 aromatic rings. The molecule has 0 amide bonds. The number of nitrogens with one attached hydrogen (secondary N) is 1. The number of likely N-dealkylation sites (N-methyl/N-ethyl adjacent to an activating group) is 1. The van der Waals surface area contributed by atoms with E-state index in [1.54, 1.807) is 6.07 Å². The predicted octanol–water partition coefficient (Wildman–Crippen LogP) is 3.39. The minimum absolute atomic E-state index is 0.159. The van der Waals surface area contributed by atoms with E-state index in [0.29, 0.717) is 30.6 Å². The molecule has 4 heterocycles. The standard InChI is InChI=1S/C29H36N6O3/c1-33(2)19-21-38-26-12-9-22-6-5-7-24(28(22)31-26)35-17-15-34(16-18-35)14-3-4-20-37-27-13-10-23-8-11-25(36)30-29(23)32-27/h5-13H,3-4,14-21H2,1-2H3,(H,30,32,36). The van der Waals surface area contributed by atoms with Crippen molar-refractivity contribution in [2.24, 2.45) is 0 Å². The fourth-order valence-corrected chi connectivity index (χ4v) is 4.70. The molecule has 1 aromatic carbocycles. The van der Waals surface area contributed by atoms with Crippen LogP contribution < -0.4 is 19.9 Å². The number of hydrogen-bond acceptors (Lipinski definition) is 8. The molecule has 0 saturated carbocycles. The molecule has 1 saturated heterocycles. The third kappa shape index (κ3) is 6.59. The molecule has 3 aromatic heterocycles. The van der Waals surface area contributed by atoms with E-state index in [9.17, 15) is 4.79 Å². The molecule has 9 heteroatoms. The first-order chi connectivity index (χ1) is 18.5. The zero-order valence-electron chi connectivity index (χ0n) is 22.2. The molecule has 1 aliphatic rings. The van der Waals surface area contributed by atoms with Crippen LogP contribution in [0, 0.1) is 0 Å². The Morgan fingerprint density at radius 2 is 1.58 bits per heavy atom. The van der Waals surface area contributed by atoms with E-state index in [1.165, 1.54) is 11.8 Å². The molecular weight excluding hydrogens is 480 g/mol. The van der Waals surface area contributed by atoms with Crippen LogP contribution in [0.25, 0.3) is 21.9 Å². The molecule has 1 fully saturated rings. The van der Waals surface area contributed by atoms with Gasteiger partial charge in [0.1, 0.15) is 12.3 Å². The number of nitrogens with zero attached hydrogens (tertiary/aromatic N) is 5. The van der Waals surface area contributed by atoms with E-state index in [-0.39, 0.29) is 5.56 Å². The molecule has 0 bridgehead atoms. The highest BCUT2D eigenvalue weighted by Crippen LogP contribution is 2.28. The highest BCUT2D eigenvalue weighted by molar-refractivity contribution is 5.91. The molecule has 0 radical (unpaired) electrons. The van der Waals surface area contributed by atoms with Crippen LogP contribution >= 0.6 is 0 Å². The number of pyridine rings is 3. The van der Waals surface area contributed by atoms with Gasteiger partial charge in [0.05, 0.1) is 17.8 Å². The van der Waals surface area contributed by atoms with Gasteiger partial charge in [0.15, 0.2) is 0 Å². The molecule has 38 heavy (non-hydrogen) atoms. The van der Waals surface area contributed by atoms with Crippen molar-refractivity contribution in [3.8, 4) is 11.8 Å².